The van der Waals surface area contributed by atoms with Crippen molar-refractivity contribution < 1.29 is 18.0 Å². The molecule has 3 nitrogen and oxygen atoms in total. The molecule has 0 heterocycles. The van der Waals surface area contributed by atoms with Gasteiger partial charge in [-0.3, -0.25) is 4.79 Å². The monoisotopic (exact) mass is 338 g/mol. The second kappa shape index (κ2) is 6.38. The van der Waals surface area contributed by atoms with Crippen LogP contribution in [0.2, 0.25) is 0 Å². The summed E-state index contributed by atoms with van der Waals surface area (Å²) >= 11 is 3.02. The van der Waals surface area contributed by atoms with Crippen LogP contribution in [-0.4, -0.2) is 11.9 Å². The number of halogens is 4. The van der Waals surface area contributed by atoms with Crippen LogP contribution in [0.1, 0.15) is 24.5 Å². The maximum atomic E-state index is 12.8. The van der Waals surface area contributed by atoms with Crippen LogP contribution >= 0.6 is 15.9 Å². The molecule has 1 amide bonds. The summed E-state index contributed by atoms with van der Waals surface area (Å²) in [5.41, 5.74) is 4.45. The lowest BCUT2D eigenvalue weighted by molar-refractivity contribution is -0.138. The molecule has 0 aliphatic rings. The van der Waals surface area contributed by atoms with Crippen molar-refractivity contribution >= 4 is 21.8 Å². The predicted molar refractivity (Wildman–Crippen MR) is 69.3 cm³/mol. The summed E-state index contributed by atoms with van der Waals surface area (Å²) in [5.74, 6) is -0.494. The van der Waals surface area contributed by atoms with E-state index in [4.69, 9.17) is 5.73 Å². The Kier molecular flexibility index (Phi) is 5.37. The molecule has 1 aromatic carbocycles. The van der Waals surface area contributed by atoms with Gasteiger partial charge in [0.15, 0.2) is 0 Å². The summed E-state index contributed by atoms with van der Waals surface area (Å²) in [7, 11) is 0. The molecule has 0 radical (unpaired) electrons. The number of amides is 1. The third kappa shape index (κ3) is 5.20. The van der Waals surface area contributed by atoms with E-state index >= 15 is 0 Å². The van der Waals surface area contributed by atoms with Gasteiger partial charge in [-0.1, -0.05) is 22.0 Å². The minimum Gasteiger partial charge on any atom is -0.370 e. The van der Waals surface area contributed by atoms with E-state index in [0.717, 1.165) is 6.07 Å². The number of rotatable bonds is 5. The molecule has 0 saturated heterocycles. The molecule has 0 aliphatic carbocycles. The Morgan fingerprint density at radius 3 is 2.63 bits per heavy atom. The normalized spacial score (nSPS) is 13.3. The largest absolute Gasteiger partial charge is 0.416 e. The molecule has 106 valence electrons. The molecule has 19 heavy (non-hydrogen) atoms. The third-order valence-electron chi connectivity index (χ3n) is 2.53. The van der Waals surface area contributed by atoms with E-state index in [2.05, 4.69) is 21.2 Å². The van der Waals surface area contributed by atoms with Crippen LogP contribution in [0.4, 0.5) is 13.2 Å². The van der Waals surface area contributed by atoms with Gasteiger partial charge in [0, 0.05) is 23.5 Å². The number of nitrogens with two attached hydrogens (primary N) is 1. The van der Waals surface area contributed by atoms with E-state index < -0.39 is 17.6 Å². The molecule has 1 atom stereocenters. The maximum absolute atomic E-state index is 12.8. The second-order valence-corrected chi connectivity index (χ2v) is 5.17. The number of alkyl halides is 3. The number of hydrogen-bond acceptors (Lipinski definition) is 2. The summed E-state index contributed by atoms with van der Waals surface area (Å²) < 4.78 is 38.9. The van der Waals surface area contributed by atoms with Gasteiger partial charge < -0.3 is 11.1 Å². The first-order valence-corrected chi connectivity index (χ1v) is 6.36. The van der Waals surface area contributed by atoms with E-state index in [9.17, 15) is 18.0 Å². The Labute approximate surface area is 117 Å². The molecular formula is C12H14BrF3N2O. The minimum absolute atomic E-state index is 0.0244. The predicted octanol–water partition coefficient (Wildman–Crippen LogP) is 2.82. The van der Waals surface area contributed by atoms with Crippen molar-refractivity contribution in [1.29, 1.82) is 0 Å². The lowest BCUT2D eigenvalue weighted by atomic mass is 10.1. The quantitative estimate of drug-likeness (QED) is 0.867. The van der Waals surface area contributed by atoms with Crippen molar-refractivity contribution in [2.75, 3.05) is 0 Å². The second-order valence-electron chi connectivity index (χ2n) is 4.25. The number of carbonyl (C=O) groups is 1. The number of primary amides is 1. The molecule has 0 saturated carbocycles. The summed E-state index contributed by atoms with van der Waals surface area (Å²) in [6, 6.07) is 3.71. The van der Waals surface area contributed by atoms with Crippen LogP contribution in [0.5, 0.6) is 0 Å². The minimum atomic E-state index is -4.41. The molecule has 0 fully saturated rings. The molecule has 1 rings (SSSR count). The van der Waals surface area contributed by atoms with E-state index in [1.807, 2.05) is 0 Å². The summed E-state index contributed by atoms with van der Waals surface area (Å²) in [6.07, 6.45) is -4.33. The van der Waals surface area contributed by atoms with Crippen molar-refractivity contribution in [3.63, 3.8) is 0 Å². The van der Waals surface area contributed by atoms with Crippen LogP contribution in [0.25, 0.3) is 0 Å². The maximum Gasteiger partial charge on any atom is 0.416 e. The Hall–Kier alpha value is -1.08. The standard InChI is InChI=1S/C12H14BrF3N2O/c1-7(4-11(17)19)18-6-8-2-3-9(13)5-10(8)12(14,15)16/h2-3,5,7,18H,4,6H2,1H3,(H2,17,19)/t7-/m0/s1. The molecule has 7 heteroatoms. The Bertz CT molecular complexity index is 463. The van der Waals surface area contributed by atoms with Crippen molar-refractivity contribution in [3.8, 4) is 0 Å². The van der Waals surface area contributed by atoms with Gasteiger partial charge in [0.1, 0.15) is 0 Å². The first-order valence-electron chi connectivity index (χ1n) is 5.57. The fraction of sp³-hybridized carbons (Fsp3) is 0.417. The summed E-state index contributed by atoms with van der Waals surface area (Å²) in [5, 5.41) is 2.85. The SMILES string of the molecule is C[C@@H](CC(N)=O)NCc1ccc(Br)cc1C(F)(F)F. The lowest BCUT2D eigenvalue weighted by Crippen LogP contribution is -2.31. The number of nitrogens with one attached hydrogen (secondary N) is 1. The Morgan fingerprint density at radius 1 is 1.47 bits per heavy atom. The zero-order valence-corrected chi connectivity index (χ0v) is 11.8. The highest BCUT2D eigenvalue weighted by atomic mass is 79.9. The fourth-order valence-electron chi connectivity index (χ4n) is 1.62. The van der Waals surface area contributed by atoms with Gasteiger partial charge in [-0.25, -0.2) is 0 Å². The number of benzene rings is 1. The molecule has 1 aromatic rings. The van der Waals surface area contributed by atoms with Gasteiger partial charge in [0.25, 0.3) is 0 Å². The van der Waals surface area contributed by atoms with Crippen molar-refractivity contribution in [2.45, 2.75) is 32.1 Å². The molecule has 0 bridgehead atoms. The fourth-order valence-corrected chi connectivity index (χ4v) is 1.99. The van der Waals surface area contributed by atoms with Crippen LogP contribution in [0.15, 0.2) is 22.7 Å². The molecule has 3 N–H and O–H groups in total. The molecule has 0 aromatic heterocycles. The van der Waals surface area contributed by atoms with Gasteiger partial charge >= 0.3 is 6.18 Å². The van der Waals surface area contributed by atoms with E-state index in [1.54, 1.807) is 13.0 Å². The molecule has 0 aliphatic heterocycles. The lowest BCUT2D eigenvalue weighted by Gasteiger charge is -2.16. The van der Waals surface area contributed by atoms with E-state index in [0.29, 0.717) is 4.47 Å². The molecule has 0 unspecified atom stereocenters. The molecule has 0 spiro atoms. The molecular weight excluding hydrogens is 325 g/mol. The van der Waals surface area contributed by atoms with E-state index in [-0.39, 0.29) is 24.6 Å². The van der Waals surface area contributed by atoms with Crippen LogP contribution < -0.4 is 11.1 Å². The first kappa shape index (κ1) is 16.0. The smallest absolute Gasteiger partial charge is 0.370 e. The van der Waals surface area contributed by atoms with Crippen molar-refractivity contribution in [1.82, 2.24) is 5.32 Å². The van der Waals surface area contributed by atoms with Crippen LogP contribution in [0, 0.1) is 0 Å². The highest BCUT2D eigenvalue weighted by Crippen LogP contribution is 2.33. The Balaban J connectivity index is 2.81. The summed E-state index contributed by atoms with van der Waals surface area (Å²) in [4.78, 5) is 10.7. The number of carbonyl (C=O) groups excluding carboxylic acids is 1. The van der Waals surface area contributed by atoms with Crippen LogP contribution in [0.3, 0.4) is 0 Å². The van der Waals surface area contributed by atoms with Crippen LogP contribution in [-0.2, 0) is 17.5 Å². The average molecular weight is 339 g/mol. The first-order chi connectivity index (χ1) is 8.70. The van der Waals surface area contributed by atoms with Gasteiger partial charge in [0.2, 0.25) is 5.91 Å². The zero-order chi connectivity index (χ0) is 14.6. The van der Waals surface area contributed by atoms with Gasteiger partial charge in [0.05, 0.1) is 5.56 Å². The Morgan fingerprint density at radius 2 is 2.11 bits per heavy atom. The van der Waals surface area contributed by atoms with Gasteiger partial charge in [-0.15, -0.1) is 0 Å². The van der Waals surface area contributed by atoms with Crippen molar-refractivity contribution in [3.05, 3.63) is 33.8 Å². The summed E-state index contributed by atoms with van der Waals surface area (Å²) in [6.45, 7) is 1.72. The topological polar surface area (TPSA) is 55.1 Å². The average Bonchev–Trinajstić information content (AvgIpc) is 2.25. The highest BCUT2D eigenvalue weighted by molar-refractivity contribution is 9.10. The van der Waals surface area contributed by atoms with Gasteiger partial charge in [-0.2, -0.15) is 13.2 Å². The number of hydrogen-bond donors (Lipinski definition) is 2. The van der Waals surface area contributed by atoms with Gasteiger partial charge in [-0.05, 0) is 24.6 Å². The van der Waals surface area contributed by atoms with Crippen molar-refractivity contribution in [2.24, 2.45) is 5.73 Å². The third-order valence-corrected chi connectivity index (χ3v) is 3.02. The van der Waals surface area contributed by atoms with E-state index in [1.165, 1.54) is 6.07 Å². The zero-order valence-electron chi connectivity index (χ0n) is 10.2. The highest BCUT2D eigenvalue weighted by Gasteiger charge is 2.33.